The lowest BCUT2D eigenvalue weighted by Crippen LogP contribution is -2.37. The molecule has 18 heavy (non-hydrogen) atoms. The second-order valence-electron chi connectivity index (χ2n) is 4.01. The molecule has 1 amide bonds. The van der Waals surface area contributed by atoms with Gasteiger partial charge in [-0.25, -0.2) is 8.42 Å². The maximum absolute atomic E-state index is 11.7. The van der Waals surface area contributed by atoms with Crippen molar-refractivity contribution in [3.63, 3.8) is 0 Å². The van der Waals surface area contributed by atoms with Crippen molar-refractivity contribution in [1.29, 1.82) is 0 Å². The molecule has 0 saturated heterocycles. The minimum atomic E-state index is -3.34. The molecule has 0 spiro atoms. The van der Waals surface area contributed by atoms with E-state index in [0.717, 1.165) is 6.26 Å². The lowest BCUT2D eigenvalue weighted by molar-refractivity contribution is -0.116. The van der Waals surface area contributed by atoms with Gasteiger partial charge in [0.1, 0.15) is 0 Å². The molecule has 1 aromatic carbocycles. The van der Waals surface area contributed by atoms with Gasteiger partial charge in [0.25, 0.3) is 0 Å². The monoisotopic (exact) mass is 270 g/mol. The van der Waals surface area contributed by atoms with Gasteiger partial charge in [-0.2, -0.15) is 4.31 Å². The SMILES string of the molecule is CCCN(CC(=O)Nc1ccccc1)S(C)(=O)=O. The van der Waals surface area contributed by atoms with E-state index in [4.69, 9.17) is 0 Å². The van der Waals surface area contributed by atoms with E-state index in [9.17, 15) is 13.2 Å². The second kappa shape index (κ2) is 6.51. The highest BCUT2D eigenvalue weighted by Crippen LogP contribution is 2.06. The van der Waals surface area contributed by atoms with Gasteiger partial charge in [-0.05, 0) is 18.6 Å². The average Bonchev–Trinajstić information content (AvgIpc) is 2.28. The van der Waals surface area contributed by atoms with Gasteiger partial charge >= 0.3 is 0 Å². The summed E-state index contributed by atoms with van der Waals surface area (Å²) in [5.41, 5.74) is 0.660. The van der Waals surface area contributed by atoms with Crippen molar-refractivity contribution in [2.45, 2.75) is 13.3 Å². The Hall–Kier alpha value is -1.40. The molecule has 0 unspecified atom stereocenters. The number of nitrogens with zero attached hydrogens (tertiary/aromatic N) is 1. The Balaban J connectivity index is 2.63. The molecule has 0 aliphatic heterocycles. The zero-order valence-corrected chi connectivity index (χ0v) is 11.4. The molecule has 0 bridgehead atoms. The van der Waals surface area contributed by atoms with Gasteiger partial charge in [-0.1, -0.05) is 25.1 Å². The van der Waals surface area contributed by atoms with E-state index in [1.165, 1.54) is 4.31 Å². The Bertz CT molecular complexity index is 485. The van der Waals surface area contributed by atoms with E-state index in [0.29, 0.717) is 18.7 Å². The average molecular weight is 270 g/mol. The van der Waals surface area contributed by atoms with Crippen LogP contribution in [0.15, 0.2) is 30.3 Å². The smallest absolute Gasteiger partial charge is 0.239 e. The number of nitrogens with one attached hydrogen (secondary N) is 1. The third kappa shape index (κ3) is 4.85. The van der Waals surface area contributed by atoms with Gasteiger partial charge in [0.05, 0.1) is 12.8 Å². The standard InChI is InChI=1S/C12H18N2O3S/c1-3-9-14(18(2,16)17)10-12(15)13-11-7-5-4-6-8-11/h4-8H,3,9-10H2,1-2H3,(H,13,15). The minimum absolute atomic E-state index is 0.151. The molecule has 1 rings (SSSR count). The highest BCUT2D eigenvalue weighted by atomic mass is 32.2. The fourth-order valence-electron chi connectivity index (χ4n) is 1.49. The summed E-state index contributed by atoms with van der Waals surface area (Å²) in [5.74, 6) is -0.333. The van der Waals surface area contributed by atoms with E-state index in [-0.39, 0.29) is 12.5 Å². The summed E-state index contributed by atoms with van der Waals surface area (Å²) in [6.07, 6.45) is 1.78. The van der Waals surface area contributed by atoms with Crippen LogP contribution in [0.4, 0.5) is 5.69 Å². The number of amides is 1. The van der Waals surface area contributed by atoms with Gasteiger partial charge in [0, 0.05) is 12.2 Å². The summed E-state index contributed by atoms with van der Waals surface area (Å²) in [6.45, 7) is 2.07. The third-order valence-corrected chi connectivity index (χ3v) is 3.57. The summed E-state index contributed by atoms with van der Waals surface area (Å²) in [4.78, 5) is 11.7. The maximum Gasteiger partial charge on any atom is 0.239 e. The van der Waals surface area contributed by atoms with Gasteiger partial charge in [0.2, 0.25) is 15.9 Å². The van der Waals surface area contributed by atoms with Crippen molar-refractivity contribution in [2.24, 2.45) is 0 Å². The van der Waals surface area contributed by atoms with Gasteiger partial charge in [-0.3, -0.25) is 4.79 Å². The summed E-state index contributed by atoms with van der Waals surface area (Å²) in [6, 6.07) is 8.95. The van der Waals surface area contributed by atoms with Crippen LogP contribution in [-0.2, 0) is 14.8 Å². The molecular weight excluding hydrogens is 252 g/mol. The first-order valence-electron chi connectivity index (χ1n) is 5.73. The Kier molecular flexibility index (Phi) is 5.30. The molecule has 0 fully saturated rings. The van der Waals surface area contributed by atoms with E-state index >= 15 is 0 Å². The summed E-state index contributed by atoms with van der Waals surface area (Å²) in [5, 5.41) is 2.66. The Labute approximate surface area is 108 Å². The largest absolute Gasteiger partial charge is 0.325 e. The van der Waals surface area contributed by atoms with Crippen molar-refractivity contribution < 1.29 is 13.2 Å². The number of anilines is 1. The fourth-order valence-corrected chi connectivity index (χ4v) is 2.36. The number of hydrogen-bond acceptors (Lipinski definition) is 3. The predicted octanol–water partition coefficient (Wildman–Crippen LogP) is 1.30. The topological polar surface area (TPSA) is 66.5 Å². The second-order valence-corrected chi connectivity index (χ2v) is 5.99. The first-order valence-corrected chi connectivity index (χ1v) is 7.58. The van der Waals surface area contributed by atoms with Crippen LogP contribution in [0.2, 0.25) is 0 Å². The summed E-state index contributed by atoms with van der Waals surface area (Å²) in [7, 11) is -3.34. The van der Waals surface area contributed by atoms with E-state index in [1.54, 1.807) is 24.3 Å². The number of carbonyl (C=O) groups excluding carboxylic acids is 1. The highest BCUT2D eigenvalue weighted by molar-refractivity contribution is 7.88. The van der Waals surface area contributed by atoms with E-state index in [2.05, 4.69) is 5.32 Å². The van der Waals surface area contributed by atoms with Crippen LogP contribution in [0.3, 0.4) is 0 Å². The summed E-state index contributed by atoms with van der Waals surface area (Å²) < 4.78 is 24.1. The number of para-hydroxylation sites is 1. The van der Waals surface area contributed by atoms with E-state index < -0.39 is 10.0 Å². The van der Waals surface area contributed by atoms with Crippen LogP contribution in [0.5, 0.6) is 0 Å². The molecule has 0 saturated carbocycles. The molecule has 5 nitrogen and oxygen atoms in total. The Morgan fingerprint density at radius 3 is 2.39 bits per heavy atom. The first-order chi connectivity index (χ1) is 8.43. The molecule has 0 aliphatic rings. The van der Waals surface area contributed by atoms with Crippen molar-refractivity contribution in [2.75, 3.05) is 24.7 Å². The minimum Gasteiger partial charge on any atom is -0.325 e. The number of hydrogen-bond donors (Lipinski definition) is 1. The molecule has 6 heteroatoms. The van der Waals surface area contributed by atoms with Gasteiger partial charge in [0.15, 0.2) is 0 Å². The van der Waals surface area contributed by atoms with Gasteiger partial charge < -0.3 is 5.32 Å². The van der Waals surface area contributed by atoms with Crippen molar-refractivity contribution >= 4 is 21.6 Å². The number of sulfonamides is 1. The van der Waals surface area contributed by atoms with E-state index in [1.807, 2.05) is 13.0 Å². The fraction of sp³-hybridized carbons (Fsp3) is 0.417. The number of rotatable bonds is 6. The normalized spacial score (nSPS) is 11.5. The molecule has 0 radical (unpaired) electrons. The van der Waals surface area contributed by atoms with Crippen LogP contribution in [0.1, 0.15) is 13.3 Å². The molecule has 1 N–H and O–H groups in total. The molecule has 0 aromatic heterocycles. The lowest BCUT2D eigenvalue weighted by Gasteiger charge is -2.18. The van der Waals surface area contributed by atoms with Crippen LogP contribution >= 0.6 is 0 Å². The van der Waals surface area contributed by atoms with Crippen molar-refractivity contribution in [3.05, 3.63) is 30.3 Å². The number of benzene rings is 1. The quantitative estimate of drug-likeness (QED) is 0.847. The van der Waals surface area contributed by atoms with Gasteiger partial charge in [-0.15, -0.1) is 0 Å². The van der Waals surface area contributed by atoms with Crippen molar-refractivity contribution in [3.8, 4) is 0 Å². The van der Waals surface area contributed by atoms with Crippen LogP contribution in [0.25, 0.3) is 0 Å². The molecule has 1 aromatic rings. The molecule has 0 atom stereocenters. The Morgan fingerprint density at radius 2 is 1.89 bits per heavy atom. The number of carbonyl (C=O) groups is 1. The summed E-state index contributed by atoms with van der Waals surface area (Å²) >= 11 is 0. The van der Waals surface area contributed by atoms with Crippen LogP contribution < -0.4 is 5.32 Å². The maximum atomic E-state index is 11.7. The highest BCUT2D eigenvalue weighted by Gasteiger charge is 2.18. The molecule has 0 heterocycles. The molecular formula is C12H18N2O3S. The lowest BCUT2D eigenvalue weighted by atomic mass is 10.3. The predicted molar refractivity (Wildman–Crippen MR) is 71.8 cm³/mol. The van der Waals surface area contributed by atoms with Crippen molar-refractivity contribution in [1.82, 2.24) is 4.31 Å². The molecule has 0 aliphatic carbocycles. The first kappa shape index (κ1) is 14.7. The zero-order chi connectivity index (χ0) is 13.6. The zero-order valence-electron chi connectivity index (χ0n) is 10.6. The third-order valence-electron chi connectivity index (χ3n) is 2.32. The van der Waals surface area contributed by atoms with Crippen LogP contribution in [0, 0.1) is 0 Å². The van der Waals surface area contributed by atoms with Crippen LogP contribution in [-0.4, -0.2) is 38.0 Å². The molecule has 100 valence electrons. The Morgan fingerprint density at radius 1 is 1.28 bits per heavy atom.